The summed E-state index contributed by atoms with van der Waals surface area (Å²) in [5, 5.41) is 0.814. The van der Waals surface area contributed by atoms with E-state index in [1.54, 1.807) is 12.1 Å². The van der Waals surface area contributed by atoms with Crippen LogP contribution in [0.25, 0.3) is 0 Å². The Morgan fingerprint density at radius 2 is 1.68 bits per heavy atom. The van der Waals surface area contributed by atoms with Crippen LogP contribution < -0.4 is 9.64 Å². The van der Waals surface area contributed by atoms with Crippen molar-refractivity contribution in [2.24, 2.45) is 0 Å². The number of benzene rings is 2. The molecule has 2 aromatic carbocycles. The van der Waals surface area contributed by atoms with Gasteiger partial charge in [0, 0.05) is 67.4 Å². The number of carbonyl (C=O) groups excluding carboxylic acids is 1. The summed E-state index contributed by atoms with van der Waals surface area (Å²) >= 11 is 12.6. The molecule has 0 saturated carbocycles. The van der Waals surface area contributed by atoms with E-state index < -0.39 is 0 Å². The highest BCUT2D eigenvalue weighted by molar-refractivity contribution is 6.37. The van der Waals surface area contributed by atoms with Crippen molar-refractivity contribution in [1.29, 1.82) is 0 Å². The van der Waals surface area contributed by atoms with E-state index in [0.717, 1.165) is 31.9 Å². The molecule has 1 aliphatic rings. The van der Waals surface area contributed by atoms with Crippen LogP contribution in [0.2, 0.25) is 10.0 Å². The predicted octanol–water partition coefficient (Wildman–Crippen LogP) is 4.49. The maximum Gasteiger partial charge on any atom is 0.143 e. The Morgan fingerprint density at radius 3 is 2.38 bits per heavy atom. The quantitative estimate of drug-likeness (QED) is 0.456. The lowest BCUT2D eigenvalue weighted by Gasteiger charge is -2.34. The zero-order valence-corrected chi connectivity index (χ0v) is 20.9. The van der Waals surface area contributed by atoms with Crippen LogP contribution in [-0.4, -0.2) is 61.0 Å². The average molecular weight is 499 g/mol. The summed E-state index contributed by atoms with van der Waals surface area (Å²) in [7, 11) is 3.69. The van der Waals surface area contributed by atoms with Gasteiger partial charge in [0.25, 0.3) is 0 Å². The van der Waals surface area contributed by atoms with Crippen molar-refractivity contribution in [2.45, 2.75) is 19.3 Å². The Hall–Kier alpha value is -2.67. The number of nitrogens with zero attached hydrogens (tertiary/aromatic N) is 4. The third-order valence-electron chi connectivity index (χ3n) is 6.09. The maximum absolute atomic E-state index is 12.7. The number of hydrogen-bond donors (Lipinski definition) is 0. The van der Waals surface area contributed by atoms with E-state index in [2.05, 4.69) is 51.1 Å². The zero-order valence-electron chi connectivity index (χ0n) is 19.4. The fourth-order valence-electron chi connectivity index (χ4n) is 4.09. The summed E-state index contributed by atoms with van der Waals surface area (Å²) < 4.78 is 5.23. The minimum Gasteiger partial charge on any atom is -0.495 e. The summed E-state index contributed by atoms with van der Waals surface area (Å²) in [5.74, 6) is 0.468. The van der Waals surface area contributed by atoms with Crippen LogP contribution in [0.15, 0.2) is 48.8 Å². The van der Waals surface area contributed by atoms with Crippen LogP contribution in [0.3, 0.4) is 0 Å². The lowest BCUT2D eigenvalue weighted by Crippen LogP contribution is -2.44. The smallest absolute Gasteiger partial charge is 0.143 e. The van der Waals surface area contributed by atoms with Crippen LogP contribution in [0.1, 0.15) is 22.5 Å². The summed E-state index contributed by atoms with van der Waals surface area (Å²) in [6.45, 7) is 4.26. The number of piperazine rings is 1. The van der Waals surface area contributed by atoms with E-state index in [1.165, 1.54) is 24.7 Å². The number of methoxy groups -OCH3 is 1. The molecule has 6 nitrogen and oxygen atoms in total. The standard InChI is InChI=1S/C26H28Cl2N4O2/c1-31-9-11-32(12-10-31)21-5-3-18(4-6-21)13-19-14-20(30-17-29-19)15-22(33)16-23-24(27)7-8-25(34-2)26(23)28/h3-8,14,17H,9-13,15-16H2,1-2H3. The lowest BCUT2D eigenvalue weighted by molar-refractivity contribution is -0.117. The fraction of sp³-hybridized carbons (Fsp3) is 0.346. The predicted molar refractivity (Wildman–Crippen MR) is 136 cm³/mol. The molecule has 0 amide bonds. The number of ketones is 1. The summed E-state index contributed by atoms with van der Waals surface area (Å²) in [4.78, 5) is 26.2. The Kier molecular flexibility index (Phi) is 8.03. The molecule has 2 heterocycles. The summed E-state index contributed by atoms with van der Waals surface area (Å²) in [6.07, 6.45) is 2.49. The largest absolute Gasteiger partial charge is 0.495 e. The Morgan fingerprint density at radius 1 is 0.971 bits per heavy atom. The van der Waals surface area contributed by atoms with Gasteiger partial charge >= 0.3 is 0 Å². The number of halogens is 2. The van der Waals surface area contributed by atoms with Crippen molar-refractivity contribution in [3.05, 3.63) is 81.4 Å². The first-order chi connectivity index (χ1) is 16.4. The lowest BCUT2D eigenvalue weighted by atomic mass is 10.0. The number of ether oxygens (including phenoxy) is 1. The molecule has 178 valence electrons. The second-order valence-corrected chi connectivity index (χ2v) is 9.35. The van der Waals surface area contributed by atoms with Gasteiger partial charge in [-0.15, -0.1) is 0 Å². The Bertz CT molecular complexity index is 1150. The van der Waals surface area contributed by atoms with Gasteiger partial charge < -0.3 is 14.5 Å². The Labute approximate surface area is 210 Å². The molecule has 4 rings (SSSR count). The van der Waals surface area contributed by atoms with E-state index in [9.17, 15) is 4.79 Å². The van der Waals surface area contributed by atoms with E-state index in [0.29, 0.717) is 33.5 Å². The number of anilines is 1. The van der Waals surface area contributed by atoms with Crippen LogP contribution in [0.4, 0.5) is 5.69 Å². The second-order valence-electron chi connectivity index (χ2n) is 8.57. The highest BCUT2D eigenvalue weighted by Gasteiger charge is 2.17. The van der Waals surface area contributed by atoms with E-state index in [4.69, 9.17) is 27.9 Å². The van der Waals surface area contributed by atoms with Crippen molar-refractivity contribution >= 4 is 34.7 Å². The molecule has 34 heavy (non-hydrogen) atoms. The molecule has 1 aromatic heterocycles. The van der Waals surface area contributed by atoms with Crippen molar-refractivity contribution in [3.63, 3.8) is 0 Å². The van der Waals surface area contributed by atoms with Gasteiger partial charge in [0.2, 0.25) is 0 Å². The van der Waals surface area contributed by atoms with Gasteiger partial charge in [-0.25, -0.2) is 9.97 Å². The molecule has 0 radical (unpaired) electrons. The monoisotopic (exact) mass is 498 g/mol. The minimum absolute atomic E-state index is 0.0294. The molecular formula is C26H28Cl2N4O2. The maximum atomic E-state index is 12.7. The van der Waals surface area contributed by atoms with Gasteiger partial charge in [0.05, 0.1) is 17.8 Å². The molecule has 1 aliphatic heterocycles. The van der Waals surface area contributed by atoms with Crippen LogP contribution in [0, 0.1) is 0 Å². The highest BCUT2D eigenvalue weighted by atomic mass is 35.5. The Balaban J connectivity index is 1.38. The third-order valence-corrected chi connectivity index (χ3v) is 6.86. The molecule has 0 atom stereocenters. The molecule has 3 aromatic rings. The molecular weight excluding hydrogens is 471 g/mol. The third kappa shape index (κ3) is 6.06. The first-order valence-electron chi connectivity index (χ1n) is 11.3. The number of aromatic nitrogens is 2. The molecule has 1 fully saturated rings. The molecule has 0 bridgehead atoms. The van der Waals surface area contributed by atoms with E-state index in [-0.39, 0.29) is 18.6 Å². The topological polar surface area (TPSA) is 58.6 Å². The minimum atomic E-state index is -0.0294. The number of Topliss-reactive ketones (excluding diaryl/α,β-unsaturated/α-hetero) is 1. The van der Waals surface area contributed by atoms with Gasteiger partial charge in [-0.2, -0.15) is 0 Å². The number of likely N-dealkylation sites (N-methyl/N-ethyl adjacent to an activating group) is 1. The molecule has 0 N–H and O–H groups in total. The summed E-state index contributed by atoms with van der Waals surface area (Å²) in [5.41, 5.74) is 4.55. The second kappa shape index (κ2) is 11.2. The first kappa shape index (κ1) is 24.5. The SMILES string of the molecule is COc1ccc(Cl)c(CC(=O)Cc2cc(Cc3ccc(N4CCN(C)CC4)cc3)ncn2)c1Cl. The van der Waals surface area contributed by atoms with Gasteiger partial charge in [-0.1, -0.05) is 35.3 Å². The first-order valence-corrected chi connectivity index (χ1v) is 12.0. The van der Waals surface area contributed by atoms with Crippen molar-refractivity contribution < 1.29 is 9.53 Å². The van der Waals surface area contributed by atoms with Gasteiger partial charge in [-0.3, -0.25) is 4.79 Å². The molecule has 0 unspecified atom stereocenters. The van der Waals surface area contributed by atoms with Gasteiger partial charge in [-0.05, 0) is 42.9 Å². The fourth-order valence-corrected chi connectivity index (χ4v) is 4.67. The average Bonchev–Trinajstić information content (AvgIpc) is 2.83. The number of rotatable bonds is 8. The van der Waals surface area contributed by atoms with E-state index in [1.807, 2.05) is 6.07 Å². The molecule has 8 heteroatoms. The van der Waals surface area contributed by atoms with Gasteiger partial charge in [0.1, 0.15) is 17.9 Å². The number of carbonyl (C=O) groups is 1. The zero-order chi connectivity index (χ0) is 24.1. The van der Waals surface area contributed by atoms with Gasteiger partial charge in [0.15, 0.2) is 0 Å². The molecule has 1 saturated heterocycles. The van der Waals surface area contributed by atoms with Crippen molar-refractivity contribution in [3.8, 4) is 5.75 Å². The summed E-state index contributed by atoms with van der Waals surface area (Å²) in [6, 6.07) is 13.9. The van der Waals surface area contributed by atoms with Crippen molar-refractivity contribution in [2.75, 3.05) is 45.2 Å². The van der Waals surface area contributed by atoms with E-state index >= 15 is 0 Å². The molecule has 0 aliphatic carbocycles. The van der Waals surface area contributed by atoms with Crippen LogP contribution in [-0.2, 0) is 24.1 Å². The normalized spacial score (nSPS) is 14.3. The van der Waals surface area contributed by atoms with Crippen LogP contribution in [0.5, 0.6) is 5.75 Å². The van der Waals surface area contributed by atoms with Crippen molar-refractivity contribution in [1.82, 2.24) is 14.9 Å². The highest BCUT2D eigenvalue weighted by Crippen LogP contribution is 2.33. The molecule has 0 spiro atoms. The number of hydrogen-bond acceptors (Lipinski definition) is 6. The van der Waals surface area contributed by atoms with Crippen LogP contribution >= 0.6 is 23.2 Å².